The highest BCUT2D eigenvalue weighted by Gasteiger charge is 2.10. The molecule has 1 heteroatoms. The van der Waals surface area contributed by atoms with Gasteiger partial charge in [0, 0.05) is 0 Å². The molecule has 0 N–H and O–H groups in total. The lowest BCUT2D eigenvalue weighted by molar-refractivity contribution is 0.431. The predicted octanol–water partition coefficient (Wildman–Crippen LogP) is 7.37. The molecule has 0 radical (unpaired) electrons. The van der Waals surface area contributed by atoms with Gasteiger partial charge in [-0.3, -0.25) is 0 Å². The second-order valence-corrected chi connectivity index (χ2v) is 8.39. The molecule has 1 aliphatic rings. The fraction of sp³-hybridized carbons (Fsp3) is 0.241. The standard InChI is InChI=1S/C29H30O/c1-22-3-7-26(8-4-22)21-27-13-11-24(12-14-27)9-10-25-15-19-29(20-16-25)30-28-17-5-23(2)6-18-28/h3-8,11-15,17-20,25H,9-10,16,21H2,1-2H3. The van der Waals surface area contributed by atoms with Crippen molar-refractivity contribution in [2.24, 2.45) is 5.92 Å². The van der Waals surface area contributed by atoms with E-state index in [0.717, 1.165) is 30.8 Å². The molecule has 0 aromatic heterocycles. The van der Waals surface area contributed by atoms with Gasteiger partial charge in [-0.1, -0.05) is 77.9 Å². The normalized spacial score (nSPS) is 15.7. The van der Waals surface area contributed by atoms with Gasteiger partial charge in [-0.05, 0) is 86.4 Å². The summed E-state index contributed by atoms with van der Waals surface area (Å²) in [6.45, 7) is 4.22. The van der Waals surface area contributed by atoms with Gasteiger partial charge in [-0.25, -0.2) is 0 Å². The Morgan fingerprint density at radius 1 is 0.733 bits per heavy atom. The molecule has 1 aliphatic carbocycles. The summed E-state index contributed by atoms with van der Waals surface area (Å²) >= 11 is 0. The predicted molar refractivity (Wildman–Crippen MR) is 126 cm³/mol. The van der Waals surface area contributed by atoms with Crippen LogP contribution in [-0.4, -0.2) is 0 Å². The van der Waals surface area contributed by atoms with E-state index in [1.54, 1.807) is 0 Å². The number of benzene rings is 3. The summed E-state index contributed by atoms with van der Waals surface area (Å²) in [4.78, 5) is 0. The van der Waals surface area contributed by atoms with Crippen molar-refractivity contribution in [1.82, 2.24) is 0 Å². The lowest BCUT2D eigenvalue weighted by Gasteiger charge is -2.17. The molecule has 3 aromatic rings. The number of ether oxygens (including phenoxy) is 1. The molecule has 0 aliphatic heterocycles. The quantitative estimate of drug-likeness (QED) is 0.406. The Bertz CT molecular complexity index is 1010. The van der Waals surface area contributed by atoms with Crippen LogP contribution >= 0.6 is 0 Å². The van der Waals surface area contributed by atoms with E-state index in [1.165, 1.54) is 34.2 Å². The van der Waals surface area contributed by atoms with Crippen molar-refractivity contribution in [2.75, 3.05) is 0 Å². The summed E-state index contributed by atoms with van der Waals surface area (Å²) in [7, 11) is 0. The van der Waals surface area contributed by atoms with Crippen LogP contribution in [0.3, 0.4) is 0 Å². The van der Waals surface area contributed by atoms with E-state index in [-0.39, 0.29) is 0 Å². The van der Waals surface area contributed by atoms with E-state index >= 15 is 0 Å². The molecule has 0 heterocycles. The average Bonchev–Trinajstić information content (AvgIpc) is 2.77. The molecule has 0 spiro atoms. The number of hydrogen-bond acceptors (Lipinski definition) is 1. The molecule has 1 unspecified atom stereocenters. The second kappa shape index (κ2) is 9.63. The zero-order chi connectivity index (χ0) is 20.8. The van der Waals surface area contributed by atoms with Gasteiger partial charge in [-0.15, -0.1) is 0 Å². The largest absolute Gasteiger partial charge is 0.458 e. The zero-order valence-electron chi connectivity index (χ0n) is 18.0. The molecule has 0 fully saturated rings. The number of rotatable bonds is 7. The van der Waals surface area contributed by atoms with Crippen molar-refractivity contribution in [3.05, 3.63) is 125 Å². The minimum absolute atomic E-state index is 0.586. The molecular formula is C29H30O. The van der Waals surface area contributed by atoms with Crippen LogP contribution in [0.2, 0.25) is 0 Å². The topological polar surface area (TPSA) is 9.23 Å². The highest BCUT2D eigenvalue weighted by Crippen LogP contribution is 2.24. The van der Waals surface area contributed by atoms with E-state index in [1.807, 2.05) is 12.1 Å². The first-order chi connectivity index (χ1) is 14.6. The summed E-state index contributed by atoms with van der Waals surface area (Å²) in [6, 6.07) is 26.2. The molecule has 0 saturated carbocycles. The maximum Gasteiger partial charge on any atom is 0.127 e. The van der Waals surface area contributed by atoms with Crippen LogP contribution in [0.15, 0.2) is 96.8 Å². The molecule has 3 aromatic carbocycles. The monoisotopic (exact) mass is 394 g/mol. The molecular weight excluding hydrogens is 364 g/mol. The van der Waals surface area contributed by atoms with Gasteiger partial charge in [0.1, 0.15) is 11.5 Å². The molecule has 152 valence electrons. The summed E-state index contributed by atoms with van der Waals surface area (Å²) in [5.41, 5.74) is 6.73. The van der Waals surface area contributed by atoms with E-state index in [4.69, 9.17) is 4.74 Å². The van der Waals surface area contributed by atoms with Crippen LogP contribution in [-0.2, 0) is 12.8 Å². The van der Waals surface area contributed by atoms with E-state index in [0.29, 0.717) is 5.92 Å². The third-order valence-electron chi connectivity index (χ3n) is 5.77. The Morgan fingerprint density at radius 3 is 1.90 bits per heavy atom. The molecule has 0 amide bonds. The average molecular weight is 395 g/mol. The van der Waals surface area contributed by atoms with Gasteiger partial charge < -0.3 is 4.74 Å². The maximum absolute atomic E-state index is 5.96. The summed E-state index contributed by atoms with van der Waals surface area (Å²) < 4.78 is 5.96. The van der Waals surface area contributed by atoms with Crippen LogP contribution in [0.4, 0.5) is 0 Å². The first kappa shape index (κ1) is 20.2. The molecule has 30 heavy (non-hydrogen) atoms. The Hall–Kier alpha value is -3.06. The highest BCUT2D eigenvalue weighted by atomic mass is 16.5. The van der Waals surface area contributed by atoms with Crippen molar-refractivity contribution >= 4 is 0 Å². The number of hydrogen-bond donors (Lipinski definition) is 0. The lowest BCUT2D eigenvalue weighted by atomic mass is 9.92. The molecule has 4 rings (SSSR count). The van der Waals surface area contributed by atoms with Crippen molar-refractivity contribution in [3.63, 3.8) is 0 Å². The van der Waals surface area contributed by atoms with Crippen molar-refractivity contribution in [1.29, 1.82) is 0 Å². The molecule has 0 saturated heterocycles. The van der Waals surface area contributed by atoms with Gasteiger partial charge in [0.2, 0.25) is 0 Å². The van der Waals surface area contributed by atoms with Gasteiger partial charge in [-0.2, -0.15) is 0 Å². The van der Waals surface area contributed by atoms with Gasteiger partial charge in [0.05, 0.1) is 0 Å². The third kappa shape index (κ3) is 5.73. The van der Waals surface area contributed by atoms with Crippen LogP contribution in [0.1, 0.15) is 40.7 Å². The van der Waals surface area contributed by atoms with Crippen molar-refractivity contribution < 1.29 is 4.74 Å². The van der Waals surface area contributed by atoms with Crippen molar-refractivity contribution in [3.8, 4) is 5.75 Å². The summed E-state index contributed by atoms with van der Waals surface area (Å²) in [5, 5.41) is 0. The van der Waals surface area contributed by atoms with Crippen molar-refractivity contribution in [2.45, 2.75) is 39.5 Å². The Kier molecular flexibility index (Phi) is 6.49. The van der Waals surface area contributed by atoms with Gasteiger partial charge in [0.15, 0.2) is 0 Å². The minimum Gasteiger partial charge on any atom is -0.458 e. The first-order valence-electron chi connectivity index (χ1n) is 10.9. The lowest BCUT2D eigenvalue weighted by Crippen LogP contribution is -2.04. The van der Waals surface area contributed by atoms with E-state index in [2.05, 4.69) is 92.7 Å². The molecule has 1 nitrogen and oxygen atoms in total. The van der Waals surface area contributed by atoms with E-state index in [9.17, 15) is 0 Å². The Balaban J connectivity index is 1.24. The fourth-order valence-corrected chi connectivity index (χ4v) is 3.79. The summed E-state index contributed by atoms with van der Waals surface area (Å²) in [6.07, 6.45) is 11.0. The third-order valence-corrected chi connectivity index (χ3v) is 5.77. The van der Waals surface area contributed by atoms with Crippen LogP contribution in [0, 0.1) is 19.8 Å². The van der Waals surface area contributed by atoms with Crippen LogP contribution < -0.4 is 4.74 Å². The van der Waals surface area contributed by atoms with E-state index < -0.39 is 0 Å². The SMILES string of the molecule is Cc1ccc(Cc2ccc(CCC3C=CC(Oc4ccc(C)cc4)=CC3)cc2)cc1. The first-order valence-corrected chi connectivity index (χ1v) is 10.9. The highest BCUT2D eigenvalue weighted by molar-refractivity contribution is 5.32. The number of aryl methyl sites for hydroxylation is 3. The zero-order valence-corrected chi connectivity index (χ0v) is 18.0. The van der Waals surface area contributed by atoms with Gasteiger partial charge in [0.25, 0.3) is 0 Å². The van der Waals surface area contributed by atoms with Crippen LogP contribution in [0.25, 0.3) is 0 Å². The number of allylic oxidation sites excluding steroid dienone is 3. The smallest absolute Gasteiger partial charge is 0.127 e. The Labute approximate surface area is 180 Å². The summed E-state index contributed by atoms with van der Waals surface area (Å²) in [5.74, 6) is 2.44. The molecule has 1 atom stereocenters. The maximum atomic E-state index is 5.96. The van der Waals surface area contributed by atoms with Crippen LogP contribution in [0.5, 0.6) is 5.75 Å². The Morgan fingerprint density at radius 2 is 1.30 bits per heavy atom. The fourth-order valence-electron chi connectivity index (χ4n) is 3.79. The minimum atomic E-state index is 0.586. The second-order valence-electron chi connectivity index (χ2n) is 8.39. The van der Waals surface area contributed by atoms with Gasteiger partial charge >= 0.3 is 0 Å². The molecule has 0 bridgehead atoms.